The normalized spacial score (nSPS) is 27.1. The van der Waals surface area contributed by atoms with E-state index in [0.717, 1.165) is 38.5 Å². The van der Waals surface area contributed by atoms with Crippen molar-refractivity contribution in [2.75, 3.05) is 0 Å². The van der Waals surface area contributed by atoms with Gasteiger partial charge in [0.2, 0.25) is 0 Å². The summed E-state index contributed by atoms with van der Waals surface area (Å²) in [5, 5.41) is 9.67. The summed E-state index contributed by atoms with van der Waals surface area (Å²) in [5.41, 5.74) is 0.691. The quantitative estimate of drug-likeness (QED) is 0.879. The van der Waals surface area contributed by atoms with Gasteiger partial charge in [0.1, 0.15) is 0 Å². The Kier molecular flexibility index (Phi) is 4.56. The number of hydrogen-bond donors (Lipinski definition) is 1. The van der Waals surface area contributed by atoms with E-state index in [-0.39, 0.29) is 0 Å². The highest BCUT2D eigenvalue weighted by Crippen LogP contribution is 2.44. The number of aromatic nitrogens is 1. The largest absolute Gasteiger partial charge is 0.481 e. The van der Waals surface area contributed by atoms with E-state index in [1.165, 1.54) is 12.0 Å². The number of carboxylic acid groups (broad SMARTS) is 1. The monoisotopic (exact) mass is 261 g/mol. The van der Waals surface area contributed by atoms with E-state index >= 15 is 0 Å². The van der Waals surface area contributed by atoms with E-state index in [1.807, 2.05) is 12.1 Å². The zero-order valence-electron chi connectivity index (χ0n) is 11.6. The number of nitrogens with zero attached hydrogens (tertiary/aromatic N) is 1. The highest BCUT2D eigenvalue weighted by Gasteiger charge is 2.41. The molecule has 1 N–H and O–H groups in total. The van der Waals surface area contributed by atoms with Crippen molar-refractivity contribution in [1.29, 1.82) is 0 Å². The molecule has 1 heterocycles. The van der Waals surface area contributed by atoms with Gasteiger partial charge in [0.15, 0.2) is 0 Å². The van der Waals surface area contributed by atoms with Crippen molar-refractivity contribution in [1.82, 2.24) is 4.98 Å². The Hall–Kier alpha value is -1.38. The third kappa shape index (κ3) is 3.34. The van der Waals surface area contributed by atoms with E-state index in [9.17, 15) is 9.90 Å². The highest BCUT2D eigenvalue weighted by molar-refractivity contribution is 5.74. The van der Waals surface area contributed by atoms with Gasteiger partial charge in [-0.05, 0) is 49.3 Å². The minimum atomic E-state index is -0.597. The summed E-state index contributed by atoms with van der Waals surface area (Å²) in [6.45, 7) is 2.17. The first-order chi connectivity index (χ1) is 9.16. The molecule has 0 aromatic carbocycles. The van der Waals surface area contributed by atoms with E-state index in [2.05, 4.69) is 11.9 Å². The first-order valence-electron chi connectivity index (χ1n) is 7.28. The van der Waals surface area contributed by atoms with Crippen LogP contribution in [0.2, 0.25) is 0 Å². The summed E-state index contributed by atoms with van der Waals surface area (Å²) in [7, 11) is 0. The molecule has 0 bridgehead atoms. The van der Waals surface area contributed by atoms with Gasteiger partial charge in [-0.3, -0.25) is 9.78 Å². The van der Waals surface area contributed by atoms with Crippen molar-refractivity contribution in [3.63, 3.8) is 0 Å². The van der Waals surface area contributed by atoms with Gasteiger partial charge in [0.25, 0.3) is 0 Å². The summed E-state index contributed by atoms with van der Waals surface area (Å²) < 4.78 is 0. The van der Waals surface area contributed by atoms with E-state index in [0.29, 0.717) is 5.92 Å². The maximum atomic E-state index is 11.7. The number of aryl methyl sites for hydroxylation is 1. The first kappa shape index (κ1) is 14.0. The van der Waals surface area contributed by atoms with Crippen LogP contribution in [0.1, 0.15) is 51.0 Å². The van der Waals surface area contributed by atoms with Gasteiger partial charge in [-0.1, -0.05) is 26.2 Å². The Bertz CT molecular complexity index is 418. The second-order valence-corrected chi connectivity index (χ2v) is 5.81. The van der Waals surface area contributed by atoms with Crippen LogP contribution in [0.5, 0.6) is 0 Å². The predicted molar refractivity (Wildman–Crippen MR) is 74.9 cm³/mol. The Morgan fingerprint density at radius 3 is 2.84 bits per heavy atom. The Morgan fingerprint density at radius 2 is 2.21 bits per heavy atom. The zero-order chi connectivity index (χ0) is 13.7. The van der Waals surface area contributed by atoms with Crippen LogP contribution >= 0.6 is 0 Å². The Balaban J connectivity index is 2.05. The number of rotatable bonds is 5. The lowest BCUT2D eigenvalue weighted by Crippen LogP contribution is -2.36. The van der Waals surface area contributed by atoms with Crippen LogP contribution in [-0.2, 0) is 11.2 Å². The number of hydrogen-bond acceptors (Lipinski definition) is 2. The van der Waals surface area contributed by atoms with Crippen molar-refractivity contribution >= 4 is 5.97 Å². The maximum absolute atomic E-state index is 11.7. The summed E-state index contributed by atoms with van der Waals surface area (Å²) in [6.07, 6.45) is 10.2. The molecule has 1 fully saturated rings. The Morgan fingerprint density at radius 1 is 1.47 bits per heavy atom. The van der Waals surface area contributed by atoms with Crippen molar-refractivity contribution in [3.05, 3.63) is 30.1 Å². The fourth-order valence-electron chi connectivity index (χ4n) is 3.30. The standard InChI is InChI=1S/C16H23NO2/c1-2-13-4-3-8-16(12-13,15(18)19)9-5-14-6-10-17-11-7-14/h6-7,10-11,13H,2-5,8-9,12H2,1H3,(H,18,19). The second kappa shape index (κ2) is 6.18. The van der Waals surface area contributed by atoms with Crippen molar-refractivity contribution in [3.8, 4) is 0 Å². The van der Waals surface area contributed by atoms with Crippen LogP contribution < -0.4 is 0 Å². The number of carboxylic acids is 1. The highest BCUT2D eigenvalue weighted by atomic mass is 16.4. The fourth-order valence-corrected chi connectivity index (χ4v) is 3.30. The maximum Gasteiger partial charge on any atom is 0.309 e. The molecule has 3 heteroatoms. The van der Waals surface area contributed by atoms with E-state index in [1.54, 1.807) is 12.4 Å². The molecule has 1 aliphatic carbocycles. The minimum Gasteiger partial charge on any atom is -0.481 e. The molecule has 2 rings (SSSR count). The third-order valence-electron chi connectivity index (χ3n) is 4.62. The molecule has 19 heavy (non-hydrogen) atoms. The van der Waals surface area contributed by atoms with E-state index in [4.69, 9.17) is 0 Å². The summed E-state index contributed by atoms with van der Waals surface area (Å²) in [6, 6.07) is 3.96. The molecule has 0 radical (unpaired) electrons. The van der Waals surface area contributed by atoms with Gasteiger partial charge in [-0.25, -0.2) is 0 Å². The van der Waals surface area contributed by atoms with Crippen LogP contribution in [0.4, 0.5) is 0 Å². The number of carbonyl (C=O) groups is 1. The van der Waals surface area contributed by atoms with E-state index < -0.39 is 11.4 Å². The first-order valence-corrected chi connectivity index (χ1v) is 7.28. The smallest absolute Gasteiger partial charge is 0.309 e. The molecule has 2 atom stereocenters. The molecule has 1 saturated carbocycles. The number of aliphatic carboxylic acids is 1. The van der Waals surface area contributed by atoms with Crippen LogP contribution in [0.25, 0.3) is 0 Å². The van der Waals surface area contributed by atoms with Crippen molar-refractivity contribution in [2.45, 2.75) is 51.9 Å². The molecular formula is C16H23NO2. The topological polar surface area (TPSA) is 50.2 Å². The van der Waals surface area contributed by atoms with Gasteiger partial charge >= 0.3 is 5.97 Å². The summed E-state index contributed by atoms with van der Waals surface area (Å²) >= 11 is 0. The van der Waals surface area contributed by atoms with Crippen LogP contribution in [0, 0.1) is 11.3 Å². The van der Waals surface area contributed by atoms with Crippen molar-refractivity contribution < 1.29 is 9.90 Å². The molecule has 3 nitrogen and oxygen atoms in total. The molecule has 104 valence electrons. The average molecular weight is 261 g/mol. The lowest BCUT2D eigenvalue weighted by Gasteiger charge is -2.37. The molecule has 1 aliphatic rings. The molecule has 0 amide bonds. The van der Waals surface area contributed by atoms with Gasteiger partial charge in [-0.15, -0.1) is 0 Å². The van der Waals surface area contributed by atoms with Crippen molar-refractivity contribution in [2.24, 2.45) is 11.3 Å². The lowest BCUT2D eigenvalue weighted by atomic mass is 9.66. The average Bonchev–Trinajstić information content (AvgIpc) is 2.46. The summed E-state index contributed by atoms with van der Waals surface area (Å²) in [4.78, 5) is 15.7. The third-order valence-corrected chi connectivity index (χ3v) is 4.62. The van der Waals surface area contributed by atoms with Gasteiger partial charge in [-0.2, -0.15) is 0 Å². The molecule has 0 aliphatic heterocycles. The molecule has 1 aromatic heterocycles. The molecule has 2 unspecified atom stereocenters. The molecule has 0 saturated heterocycles. The lowest BCUT2D eigenvalue weighted by molar-refractivity contribution is -0.152. The minimum absolute atomic E-state index is 0.498. The zero-order valence-corrected chi connectivity index (χ0v) is 11.6. The molecular weight excluding hydrogens is 238 g/mol. The van der Waals surface area contributed by atoms with Crippen LogP contribution in [-0.4, -0.2) is 16.1 Å². The number of pyridine rings is 1. The Labute approximate surface area is 115 Å². The van der Waals surface area contributed by atoms with Gasteiger partial charge < -0.3 is 5.11 Å². The van der Waals surface area contributed by atoms with Crippen LogP contribution in [0.15, 0.2) is 24.5 Å². The molecule has 0 spiro atoms. The fraction of sp³-hybridized carbons (Fsp3) is 0.625. The molecule has 1 aromatic rings. The predicted octanol–water partition coefficient (Wildman–Crippen LogP) is 3.69. The van der Waals surface area contributed by atoms with Gasteiger partial charge in [0, 0.05) is 12.4 Å². The van der Waals surface area contributed by atoms with Crippen LogP contribution in [0.3, 0.4) is 0 Å². The summed E-state index contributed by atoms with van der Waals surface area (Å²) in [5.74, 6) is -0.0120. The SMILES string of the molecule is CCC1CCCC(CCc2ccncc2)(C(=O)O)C1. The van der Waals surface area contributed by atoms with Gasteiger partial charge in [0.05, 0.1) is 5.41 Å². The second-order valence-electron chi connectivity index (χ2n) is 5.81.